The van der Waals surface area contributed by atoms with Gasteiger partial charge in [0, 0.05) is 12.0 Å². The molecule has 5 rings (SSSR count). The zero-order chi connectivity index (χ0) is 26.5. The van der Waals surface area contributed by atoms with Crippen molar-refractivity contribution < 1.29 is 28.9 Å². The molecule has 0 aromatic heterocycles. The van der Waals surface area contributed by atoms with E-state index in [0.29, 0.717) is 30.5 Å². The fraction of sp³-hybridized carbons (Fsp3) is 0.419. The Labute approximate surface area is 223 Å². The van der Waals surface area contributed by atoms with E-state index in [-0.39, 0.29) is 30.9 Å². The van der Waals surface area contributed by atoms with Gasteiger partial charge in [-0.05, 0) is 71.5 Å². The second kappa shape index (κ2) is 11.8. The smallest absolute Gasteiger partial charge is 0.304 e. The van der Waals surface area contributed by atoms with Crippen molar-refractivity contribution in [2.24, 2.45) is 0 Å². The van der Waals surface area contributed by atoms with E-state index in [0.717, 1.165) is 53.1 Å². The number of nitrogens with one attached hydrogen (secondary N) is 1. The average molecular weight is 518 g/mol. The van der Waals surface area contributed by atoms with Crippen molar-refractivity contribution in [2.45, 2.75) is 63.8 Å². The van der Waals surface area contributed by atoms with Crippen LogP contribution in [-0.4, -0.2) is 42.8 Å². The molecule has 38 heavy (non-hydrogen) atoms. The highest BCUT2D eigenvalue weighted by atomic mass is 16.6. The standard InChI is InChI=1S/C31H35NO6/c1-20-14-28-29(37-13-12-36-28)17-26(20)27(18-31(34)35)22-9-8-21-10-11-25(16-23(21)15-22)38-19-30(33)32-24-6-4-2-3-5-7-24/h8-11,14-17,24,27H,2-7,12-13,18-19H2,1H3,(H,32,33)(H,34,35). The molecule has 1 aliphatic carbocycles. The Morgan fingerprint density at radius 3 is 2.39 bits per heavy atom. The molecule has 1 aliphatic heterocycles. The second-order valence-electron chi connectivity index (χ2n) is 10.3. The molecular formula is C31H35NO6. The van der Waals surface area contributed by atoms with Gasteiger partial charge in [-0.25, -0.2) is 0 Å². The summed E-state index contributed by atoms with van der Waals surface area (Å²) in [5.41, 5.74) is 2.75. The van der Waals surface area contributed by atoms with E-state index in [1.165, 1.54) is 12.8 Å². The predicted octanol–water partition coefficient (Wildman–Crippen LogP) is 5.74. The van der Waals surface area contributed by atoms with Crippen molar-refractivity contribution in [2.75, 3.05) is 19.8 Å². The first kappa shape index (κ1) is 25.9. The minimum atomic E-state index is -0.874. The number of aryl methyl sites for hydroxylation is 1. The summed E-state index contributed by atoms with van der Waals surface area (Å²) in [5.74, 6) is 0.613. The molecule has 7 nitrogen and oxygen atoms in total. The highest BCUT2D eigenvalue weighted by Crippen LogP contribution is 2.39. The second-order valence-corrected chi connectivity index (χ2v) is 10.3. The first-order valence-electron chi connectivity index (χ1n) is 13.5. The molecule has 3 aromatic carbocycles. The summed E-state index contributed by atoms with van der Waals surface area (Å²) < 4.78 is 17.3. The van der Waals surface area contributed by atoms with Crippen LogP contribution < -0.4 is 19.5 Å². The van der Waals surface area contributed by atoms with Crippen molar-refractivity contribution in [1.29, 1.82) is 0 Å². The van der Waals surface area contributed by atoms with E-state index in [4.69, 9.17) is 14.2 Å². The Morgan fingerprint density at radius 2 is 1.66 bits per heavy atom. The molecule has 7 heteroatoms. The quantitative estimate of drug-likeness (QED) is 0.370. The molecule has 0 saturated heterocycles. The molecule has 2 aliphatic rings. The molecule has 1 atom stereocenters. The monoisotopic (exact) mass is 517 g/mol. The van der Waals surface area contributed by atoms with E-state index in [1.807, 2.05) is 55.5 Å². The molecule has 0 spiro atoms. The van der Waals surface area contributed by atoms with Crippen molar-refractivity contribution >= 4 is 22.6 Å². The van der Waals surface area contributed by atoms with Gasteiger partial charge in [0.2, 0.25) is 0 Å². The van der Waals surface area contributed by atoms with Gasteiger partial charge >= 0.3 is 5.97 Å². The first-order valence-corrected chi connectivity index (χ1v) is 13.5. The first-order chi connectivity index (χ1) is 18.5. The highest BCUT2D eigenvalue weighted by molar-refractivity contribution is 5.85. The van der Waals surface area contributed by atoms with E-state index < -0.39 is 5.97 Å². The van der Waals surface area contributed by atoms with Gasteiger partial charge in [0.1, 0.15) is 19.0 Å². The van der Waals surface area contributed by atoms with Crippen LogP contribution in [0.5, 0.6) is 17.2 Å². The van der Waals surface area contributed by atoms with E-state index in [9.17, 15) is 14.7 Å². The molecule has 1 saturated carbocycles. The maximum absolute atomic E-state index is 12.5. The van der Waals surface area contributed by atoms with Crippen LogP contribution in [0.15, 0.2) is 48.5 Å². The lowest BCUT2D eigenvalue weighted by Gasteiger charge is -2.24. The van der Waals surface area contributed by atoms with Crippen molar-refractivity contribution in [3.63, 3.8) is 0 Å². The Kier molecular flexibility index (Phi) is 8.01. The Bertz CT molecular complexity index is 1310. The number of rotatable bonds is 8. The molecule has 1 fully saturated rings. The Balaban J connectivity index is 1.35. The number of hydrogen-bond donors (Lipinski definition) is 2. The van der Waals surface area contributed by atoms with Crippen molar-refractivity contribution in [1.82, 2.24) is 5.32 Å². The zero-order valence-electron chi connectivity index (χ0n) is 21.8. The number of amides is 1. The highest BCUT2D eigenvalue weighted by Gasteiger charge is 2.24. The third kappa shape index (κ3) is 6.21. The van der Waals surface area contributed by atoms with Gasteiger partial charge in [-0.2, -0.15) is 0 Å². The maximum Gasteiger partial charge on any atom is 0.304 e. The molecule has 1 unspecified atom stereocenters. The summed E-state index contributed by atoms with van der Waals surface area (Å²) in [4.78, 5) is 24.4. The molecule has 0 bridgehead atoms. The van der Waals surface area contributed by atoms with Crippen molar-refractivity contribution in [3.05, 3.63) is 65.2 Å². The van der Waals surface area contributed by atoms with Crippen LogP contribution in [-0.2, 0) is 9.59 Å². The van der Waals surface area contributed by atoms with Crippen molar-refractivity contribution in [3.8, 4) is 17.2 Å². The summed E-state index contributed by atoms with van der Waals surface area (Å²) in [7, 11) is 0. The van der Waals surface area contributed by atoms with Crippen LogP contribution in [0.3, 0.4) is 0 Å². The van der Waals surface area contributed by atoms with Gasteiger partial charge in [-0.1, -0.05) is 49.9 Å². The summed E-state index contributed by atoms with van der Waals surface area (Å²) in [6.07, 6.45) is 6.81. The molecule has 3 aromatic rings. The van der Waals surface area contributed by atoms with Crippen LogP contribution in [0.2, 0.25) is 0 Å². The number of carbonyl (C=O) groups excluding carboxylic acids is 1. The third-order valence-electron chi connectivity index (χ3n) is 7.51. The van der Waals surface area contributed by atoms with Crippen LogP contribution in [0, 0.1) is 6.92 Å². The number of hydrogen-bond acceptors (Lipinski definition) is 5. The van der Waals surface area contributed by atoms with Crippen LogP contribution in [0.4, 0.5) is 0 Å². The molecule has 0 radical (unpaired) electrons. The van der Waals surface area contributed by atoms with E-state index >= 15 is 0 Å². The number of carboxylic acid groups (broad SMARTS) is 1. The lowest BCUT2D eigenvalue weighted by molar-refractivity contribution is -0.137. The molecule has 1 heterocycles. The number of aliphatic carboxylic acids is 1. The Morgan fingerprint density at radius 1 is 0.947 bits per heavy atom. The van der Waals surface area contributed by atoms with Crippen LogP contribution in [0.25, 0.3) is 10.8 Å². The summed E-state index contributed by atoms with van der Waals surface area (Å²) in [5, 5.41) is 14.8. The van der Waals surface area contributed by atoms with Gasteiger partial charge in [-0.15, -0.1) is 0 Å². The lowest BCUT2D eigenvalue weighted by atomic mass is 9.85. The number of carbonyl (C=O) groups is 2. The number of ether oxygens (including phenoxy) is 3. The summed E-state index contributed by atoms with van der Waals surface area (Å²) >= 11 is 0. The van der Waals surface area contributed by atoms with Crippen LogP contribution >= 0.6 is 0 Å². The van der Waals surface area contributed by atoms with E-state index in [1.54, 1.807) is 0 Å². The molecule has 200 valence electrons. The molecule has 1 amide bonds. The lowest BCUT2D eigenvalue weighted by Crippen LogP contribution is -2.37. The van der Waals surface area contributed by atoms with Gasteiger partial charge in [0.25, 0.3) is 5.91 Å². The summed E-state index contributed by atoms with van der Waals surface area (Å²) in [6, 6.07) is 15.8. The maximum atomic E-state index is 12.5. The third-order valence-corrected chi connectivity index (χ3v) is 7.51. The van der Waals surface area contributed by atoms with Gasteiger partial charge < -0.3 is 24.6 Å². The minimum absolute atomic E-state index is 0.0280. The fourth-order valence-electron chi connectivity index (χ4n) is 5.56. The minimum Gasteiger partial charge on any atom is -0.486 e. The summed E-state index contributed by atoms with van der Waals surface area (Å²) in [6.45, 7) is 2.91. The normalized spacial score (nSPS) is 16.4. The van der Waals surface area contributed by atoms with Gasteiger partial charge in [0.15, 0.2) is 18.1 Å². The Hall–Kier alpha value is -3.74. The SMILES string of the molecule is Cc1cc2c(cc1C(CC(=O)O)c1ccc3ccc(OCC(=O)NC4CCCCCC4)cc3c1)OCCO2. The van der Waals surface area contributed by atoms with Gasteiger partial charge in [0.05, 0.1) is 6.42 Å². The zero-order valence-corrected chi connectivity index (χ0v) is 21.8. The van der Waals surface area contributed by atoms with E-state index in [2.05, 4.69) is 5.32 Å². The average Bonchev–Trinajstić information content (AvgIpc) is 3.18. The predicted molar refractivity (Wildman–Crippen MR) is 145 cm³/mol. The fourth-order valence-corrected chi connectivity index (χ4v) is 5.56. The number of fused-ring (bicyclic) bond motifs is 2. The number of carboxylic acids is 1. The molecular weight excluding hydrogens is 482 g/mol. The van der Waals surface area contributed by atoms with Gasteiger partial charge in [-0.3, -0.25) is 9.59 Å². The topological polar surface area (TPSA) is 94.1 Å². The number of benzene rings is 3. The van der Waals surface area contributed by atoms with Crippen LogP contribution in [0.1, 0.15) is 67.6 Å². The largest absolute Gasteiger partial charge is 0.486 e. The molecule has 2 N–H and O–H groups in total.